The number of aliphatic carboxylic acids is 1. The number of hydrogen-bond donors (Lipinski definition) is 7. The first-order valence-electron chi connectivity index (χ1n) is 10.2. The highest BCUT2D eigenvalue weighted by Gasteiger charge is 2.30. The summed E-state index contributed by atoms with van der Waals surface area (Å²) >= 11 is 0. The van der Waals surface area contributed by atoms with Crippen LogP contribution in [0.3, 0.4) is 0 Å². The molecule has 0 bridgehead atoms. The van der Waals surface area contributed by atoms with E-state index in [0.29, 0.717) is 18.4 Å². The molecule has 0 radical (unpaired) electrons. The van der Waals surface area contributed by atoms with Crippen molar-refractivity contribution in [1.29, 1.82) is 0 Å². The highest BCUT2D eigenvalue weighted by Crippen LogP contribution is 2.13. The number of aliphatic imine (C=N–C) groups is 1. The number of carboxylic acid groups (broad SMARTS) is 1. The summed E-state index contributed by atoms with van der Waals surface area (Å²) in [5.41, 5.74) is 11.2. The Bertz CT molecular complexity index is 788. The number of guanidine groups is 1. The van der Waals surface area contributed by atoms with E-state index in [1.54, 1.807) is 12.1 Å². The third kappa shape index (κ3) is 8.13. The largest absolute Gasteiger partial charge is 0.508 e. The quantitative estimate of drug-likeness (QED) is 0.128. The van der Waals surface area contributed by atoms with E-state index < -0.39 is 24.0 Å². The Morgan fingerprint density at radius 3 is 2.45 bits per heavy atom. The monoisotopic (exact) mass is 434 g/mol. The van der Waals surface area contributed by atoms with Crippen LogP contribution >= 0.6 is 0 Å². The Hall–Kier alpha value is -3.34. The Morgan fingerprint density at radius 1 is 1.16 bits per heavy atom. The number of nitrogens with two attached hydrogens (primary N) is 2. The van der Waals surface area contributed by atoms with E-state index in [-0.39, 0.29) is 43.0 Å². The topological polar surface area (TPSA) is 192 Å². The van der Waals surface area contributed by atoms with Gasteiger partial charge in [0.2, 0.25) is 11.8 Å². The van der Waals surface area contributed by atoms with E-state index in [0.717, 1.165) is 13.0 Å². The van der Waals surface area contributed by atoms with Crippen molar-refractivity contribution in [2.24, 2.45) is 16.5 Å². The van der Waals surface area contributed by atoms with Gasteiger partial charge in [0.1, 0.15) is 17.8 Å². The summed E-state index contributed by atoms with van der Waals surface area (Å²) in [6.07, 6.45) is 2.16. The molecule has 11 nitrogen and oxygen atoms in total. The van der Waals surface area contributed by atoms with Gasteiger partial charge >= 0.3 is 5.97 Å². The minimum atomic E-state index is -1.19. The lowest BCUT2D eigenvalue weighted by Gasteiger charge is -2.23. The summed E-state index contributed by atoms with van der Waals surface area (Å²) < 4.78 is 0. The van der Waals surface area contributed by atoms with E-state index in [1.807, 2.05) is 0 Å². The maximum absolute atomic E-state index is 12.9. The van der Waals surface area contributed by atoms with Crippen molar-refractivity contribution in [3.63, 3.8) is 0 Å². The number of carbonyl (C=O) groups is 3. The number of carbonyl (C=O) groups excluding carboxylic acids is 2. The van der Waals surface area contributed by atoms with Crippen molar-refractivity contribution in [3.05, 3.63) is 29.8 Å². The third-order valence-corrected chi connectivity index (χ3v) is 4.95. The van der Waals surface area contributed by atoms with Gasteiger partial charge in [0, 0.05) is 13.0 Å². The number of benzene rings is 1. The highest BCUT2D eigenvalue weighted by molar-refractivity contribution is 5.92. The molecular formula is C20H30N6O5. The molecule has 0 aromatic heterocycles. The highest BCUT2D eigenvalue weighted by atomic mass is 16.4. The zero-order valence-electron chi connectivity index (χ0n) is 17.2. The number of aromatic hydroxyl groups is 1. The van der Waals surface area contributed by atoms with Gasteiger partial charge in [-0.15, -0.1) is 0 Å². The summed E-state index contributed by atoms with van der Waals surface area (Å²) in [5.74, 6) is -2.11. The SMILES string of the molecule is NC(N)=NCCCC(NC(=O)C(Cc1ccc(O)cc1)NC(=O)C1CCCN1)C(=O)O. The van der Waals surface area contributed by atoms with Crippen LogP contribution in [0.1, 0.15) is 31.2 Å². The predicted octanol–water partition coefficient (Wildman–Crippen LogP) is -1.21. The maximum Gasteiger partial charge on any atom is 0.326 e. The van der Waals surface area contributed by atoms with Gasteiger partial charge in [-0.25, -0.2) is 4.79 Å². The molecule has 2 rings (SSSR count). The molecule has 11 heteroatoms. The molecule has 1 aliphatic heterocycles. The van der Waals surface area contributed by atoms with Gasteiger partial charge in [-0.2, -0.15) is 0 Å². The van der Waals surface area contributed by atoms with Crippen LogP contribution in [0.5, 0.6) is 5.75 Å². The number of amides is 2. The molecule has 0 spiro atoms. The molecule has 2 amide bonds. The molecule has 0 saturated carbocycles. The molecular weight excluding hydrogens is 404 g/mol. The first kappa shape index (κ1) is 23.9. The fourth-order valence-corrected chi connectivity index (χ4v) is 3.29. The number of phenolic OH excluding ortho intramolecular Hbond substituents is 1. The van der Waals surface area contributed by atoms with Gasteiger partial charge in [-0.1, -0.05) is 12.1 Å². The Balaban J connectivity index is 2.06. The van der Waals surface area contributed by atoms with E-state index >= 15 is 0 Å². The van der Waals surface area contributed by atoms with Gasteiger partial charge in [-0.3, -0.25) is 14.6 Å². The van der Waals surface area contributed by atoms with Crippen LogP contribution in [0.2, 0.25) is 0 Å². The van der Waals surface area contributed by atoms with Crippen molar-refractivity contribution in [3.8, 4) is 5.75 Å². The summed E-state index contributed by atoms with van der Waals surface area (Å²) in [5, 5.41) is 27.2. The van der Waals surface area contributed by atoms with Crippen molar-refractivity contribution in [2.75, 3.05) is 13.1 Å². The molecule has 31 heavy (non-hydrogen) atoms. The summed E-state index contributed by atoms with van der Waals surface area (Å²) in [6.45, 7) is 0.965. The minimum absolute atomic E-state index is 0.0793. The maximum atomic E-state index is 12.9. The van der Waals surface area contributed by atoms with Crippen LogP contribution in [-0.2, 0) is 20.8 Å². The molecule has 3 unspecified atom stereocenters. The average Bonchev–Trinajstić information content (AvgIpc) is 3.26. The van der Waals surface area contributed by atoms with Crippen LogP contribution in [0.15, 0.2) is 29.3 Å². The fourth-order valence-electron chi connectivity index (χ4n) is 3.29. The minimum Gasteiger partial charge on any atom is -0.508 e. The van der Waals surface area contributed by atoms with Crippen LogP contribution < -0.4 is 27.4 Å². The Labute approximate surface area is 180 Å². The average molecular weight is 434 g/mol. The number of carboxylic acids is 1. The van der Waals surface area contributed by atoms with Crippen LogP contribution in [0.4, 0.5) is 0 Å². The second-order valence-electron chi connectivity index (χ2n) is 7.43. The number of nitrogens with one attached hydrogen (secondary N) is 3. The molecule has 1 saturated heterocycles. The number of rotatable bonds is 11. The second-order valence-corrected chi connectivity index (χ2v) is 7.43. The first-order valence-corrected chi connectivity index (χ1v) is 10.2. The first-order chi connectivity index (χ1) is 14.8. The summed E-state index contributed by atoms with van der Waals surface area (Å²) in [7, 11) is 0. The smallest absolute Gasteiger partial charge is 0.326 e. The van der Waals surface area contributed by atoms with Gasteiger partial charge < -0.3 is 37.6 Å². The molecule has 1 aliphatic rings. The molecule has 170 valence electrons. The Morgan fingerprint density at radius 2 is 1.87 bits per heavy atom. The molecule has 1 aromatic rings. The van der Waals surface area contributed by atoms with Crippen LogP contribution in [0.25, 0.3) is 0 Å². The zero-order valence-corrected chi connectivity index (χ0v) is 17.2. The van der Waals surface area contributed by atoms with E-state index in [4.69, 9.17) is 11.5 Å². The number of nitrogens with zero attached hydrogens (tertiary/aromatic N) is 1. The molecule has 1 heterocycles. The summed E-state index contributed by atoms with van der Waals surface area (Å²) in [4.78, 5) is 40.8. The fraction of sp³-hybridized carbons (Fsp3) is 0.500. The van der Waals surface area contributed by atoms with Crippen molar-refractivity contribution >= 4 is 23.7 Å². The van der Waals surface area contributed by atoms with Crippen LogP contribution in [0, 0.1) is 0 Å². The molecule has 3 atom stereocenters. The van der Waals surface area contributed by atoms with Gasteiger partial charge in [0.15, 0.2) is 5.96 Å². The number of hydrogen-bond acceptors (Lipinski definition) is 6. The Kier molecular flexibility index (Phi) is 9.07. The van der Waals surface area contributed by atoms with E-state index in [1.165, 1.54) is 12.1 Å². The van der Waals surface area contributed by atoms with Crippen LogP contribution in [-0.4, -0.2) is 65.2 Å². The van der Waals surface area contributed by atoms with Crippen molar-refractivity contribution < 1.29 is 24.6 Å². The lowest BCUT2D eigenvalue weighted by molar-refractivity contribution is -0.142. The van der Waals surface area contributed by atoms with Gasteiger partial charge in [-0.05, 0) is 49.9 Å². The molecule has 1 aromatic carbocycles. The van der Waals surface area contributed by atoms with Gasteiger partial charge in [0.05, 0.1) is 6.04 Å². The lowest BCUT2D eigenvalue weighted by Crippen LogP contribution is -2.55. The molecule has 1 fully saturated rings. The third-order valence-electron chi connectivity index (χ3n) is 4.95. The number of phenols is 1. The predicted molar refractivity (Wildman–Crippen MR) is 114 cm³/mol. The summed E-state index contributed by atoms with van der Waals surface area (Å²) in [6, 6.07) is 3.73. The van der Waals surface area contributed by atoms with Crippen molar-refractivity contribution in [2.45, 2.75) is 50.2 Å². The zero-order chi connectivity index (χ0) is 22.8. The molecule has 9 N–H and O–H groups in total. The lowest BCUT2D eigenvalue weighted by atomic mass is 10.0. The normalized spacial score (nSPS) is 17.4. The second kappa shape index (κ2) is 11.7. The standard InChI is InChI=1S/C20H30N6O5/c21-20(22)24-10-2-4-15(19(30)31)25-18(29)16(11-12-5-7-13(27)8-6-12)26-17(28)14-3-1-9-23-14/h5-8,14-16,23,27H,1-4,9-11H2,(H,25,29)(H,26,28)(H,30,31)(H4,21,22,24). The van der Waals surface area contributed by atoms with Crippen molar-refractivity contribution in [1.82, 2.24) is 16.0 Å². The molecule has 0 aliphatic carbocycles. The van der Waals surface area contributed by atoms with E-state index in [9.17, 15) is 24.6 Å². The van der Waals surface area contributed by atoms with E-state index in [2.05, 4.69) is 20.9 Å². The van der Waals surface area contributed by atoms with Gasteiger partial charge in [0.25, 0.3) is 0 Å².